The van der Waals surface area contributed by atoms with Gasteiger partial charge in [-0.05, 0) is 61.8 Å². The first-order chi connectivity index (χ1) is 8.86. The molecule has 2 saturated carbocycles. The highest BCUT2D eigenvalue weighted by molar-refractivity contribution is 4.92. The minimum absolute atomic E-state index is 0.488. The summed E-state index contributed by atoms with van der Waals surface area (Å²) in [6.45, 7) is 12.7. The van der Waals surface area contributed by atoms with Gasteiger partial charge in [-0.25, -0.2) is 0 Å². The molecule has 0 unspecified atom stereocenters. The fourth-order valence-electron chi connectivity index (χ4n) is 4.01. The summed E-state index contributed by atoms with van der Waals surface area (Å²) in [4.78, 5) is 0. The molecule has 2 aliphatic rings. The van der Waals surface area contributed by atoms with Crippen molar-refractivity contribution in [3.8, 4) is 0 Å². The normalized spacial score (nSPS) is 26.5. The highest BCUT2D eigenvalue weighted by Crippen LogP contribution is 2.45. The maximum absolute atomic E-state index is 5.69. The highest BCUT2D eigenvalue weighted by Gasteiger charge is 2.37. The van der Waals surface area contributed by atoms with Gasteiger partial charge in [0, 0.05) is 19.3 Å². The molecule has 2 nitrogen and oxygen atoms in total. The van der Waals surface area contributed by atoms with Gasteiger partial charge in [-0.15, -0.1) is 0 Å². The summed E-state index contributed by atoms with van der Waals surface area (Å²) in [5, 5.41) is 3.76. The fraction of sp³-hybridized carbons (Fsp3) is 1.00. The van der Waals surface area contributed by atoms with E-state index in [0.29, 0.717) is 16.9 Å². The summed E-state index contributed by atoms with van der Waals surface area (Å²) in [5.41, 5.74) is 0.976. The van der Waals surface area contributed by atoms with Crippen molar-refractivity contribution in [1.29, 1.82) is 0 Å². The van der Waals surface area contributed by atoms with Gasteiger partial charge in [0.2, 0.25) is 0 Å². The second-order valence-electron chi connectivity index (χ2n) is 8.44. The van der Waals surface area contributed by atoms with Crippen LogP contribution >= 0.6 is 0 Å². The second kappa shape index (κ2) is 6.13. The van der Waals surface area contributed by atoms with Crippen LogP contribution in [0.2, 0.25) is 0 Å². The standard InChI is InChI=1S/C17H33NO/c1-16(2)10-15(11-17(3,4)13-16)18-8-5-9-19-12-14-6-7-14/h14-15,18H,5-13H2,1-4H3. The summed E-state index contributed by atoms with van der Waals surface area (Å²) in [5.74, 6) is 0.896. The number of rotatable bonds is 7. The lowest BCUT2D eigenvalue weighted by molar-refractivity contribution is 0.0817. The van der Waals surface area contributed by atoms with E-state index in [4.69, 9.17) is 4.74 Å². The topological polar surface area (TPSA) is 21.3 Å². The zero-order valence-electron chi connectivity index (χ0n) is 13.4. The van der Waals surface area contributed by atoms with Crippen LogP contribution in [-0.4, -0.2) is 25.8 Å². The summed E-state index contributed by atoms with van der Waals surface area (Å²) in [6.07, 6.45) is 7.93. The molecule has 0 atom stereocenters. The third-order valence-corrected chi connectivity index (χ3v) is 4.50. The zero-order chi connectivity index (χ0) is 13.9. The highest BCUT2D eigenvalue weighted by atomic mass is 16.5. The molecular weight excluding hydrogens is 234 g/mol. The van der Waals surface area contributed by atoms with Gasteiger partial charge in [-0.1, -0.05) is 27.7 Å². The fourth-order valence-corrected chi connectivity index (χ4v) is 4.01. The molecule has 112 valence electrons. The van der Waals surface area contributed by atoms with E-state index in [0.717, 1.165) is 32.1 Å². The van der Waals surface area contributed by atoms with Crippen LogP contribution in [0.1, 0.15) is 66.2 Å². The van der Waals surface area contributed by atoms with E-state index in [2.05, 4.69) is 33.0 Å². The molecular formula is C17H33NO. The average Bonchev–Trinajstić information content (AvgIpc) is 3.02. The predicted octanol–water partition coefficient (Wildman–Crippen LogP) is 4.00. The first-order valence-corrected chi connectivity index (χ1v) is 8.18. The van der Waals surface area contributed by atoms with Gasteiger partial charge in [0.1, 0.15) is 0 Å². The van der Waals surface area contributed by atoms with E-state index in [1.165, 1.54) is 32.1 Å². The Bertz CT molecular complexity index is 265. The Morgan fingerprint density at radius 1 is 1.05 bits per heavy atom. The number of nitrogens with one attached hydrogen (secondary N) is 1. The SMILES string of the molecule is CC1(C)CC(NCCCOCC2CC2)CC(C)(C)C1. The molecule has 0 radical (unpaired) electrons. The van der Waals surface area contributed by atoms with Gasteiger partial charge >= 0.3 is 0 Å². The van der Waals surface area contributed by atoms with Gasteiger partial charge in [0.05, 0.1) is 0 Å². The Kier molecular flexibility index (Phi) is 4.94. The first kappa shape index (κ1) is 15.3. The van der Waals surface area contributed by atoms with E-state index < -0.39 is 0 Å². The van der Waals surface area contributed by atoms with Gasteiger partial charge in [-0.2, -0.15) is 0 Å². The van der Waals surface area contributed by atoms with Crippen LogP contribution in [0.5, 0.6) is 0 Å². The van der Waals surface area contributed by atoms with Crippen LogP contribution in [-0.2, 0) is 4.74 Å². The van der Waals surface area contributed by atoms with Crippen molar-refractivity contribution in [2.75, 3.05) is 19.8 Å². The second-order valence-corrected chi connectivity index (χ2v) is 8.44. The van der Waals surface area contributed by atoms with Crippen LogP contribution < -0.4 is 5.32 Å². The molecule has 19 heavy (non-hydrogen) atoms. The third-order valence-electron chi connectivity index (χ3n) is 4.50. The minimum Gasteiger partial charge on any atom is -0.381 e. The molecule has 0 heterocycles. The molecule has 0 amide bonds. The molecule has 1 N–H and O–H groups in total. The van der Waals surface area contributed by atoms with Gasteiger partial charge in [-0.3, -0.25) is 0 Å². The maximum Gasteiger partial charge on any atom is 0.0494 e. The van der Waals surface area contributed by atoms with Crippen LogP contribution in [0, 0.1) is 16.7 Å². The van der Waals surface area contributed by atoms with Crippen molar-refractivity contribution < 1.29 is 4.74 Å². The Morgan fingerprint density at radius 3 is 2.26 bits per heavy atom. The van der Waals surface area contributed by atoms with Gasteiger partial charge in [0.15, 0.2) is 0 Å². The van der Waals surface area contributed by atoms with Crippen molar-refractivity contribution in [3.63, 3.8) is 0 Å². The molecule has 0 aromatic rings. The molecule has 0 bridgehead atoms. The molecule has 0 aromatic carbocycles. The van der Waals surface area contributed by atoms with E-state index in [1.807, 2.05) is 0 Å². The smallest absolute Gasteiger partial charge is 0.0494 e. The summed E-state index contributed by atoms with van der Waals surface area (Å²) in [7, 11) is 0. The number of ether oxygens (including phenoxy) is 1. The monoisotopic (exact) mass is 267 g/mol. The molecule has 0 aromatic heterocycles. The zero-order valence-corrected chi connectivity index (χ0v) is 13.4. The molecule has 0 saturated heterocycles. The quantitative estimate of drug-likeness (QED) is 0.704. The molecule has 2 rings (SSSR count). The van der Waals surface area contributed by atoms with E-state index in [1.54, 1.807) is 0 Å². The van der Waals surface area contributed by atoms with Gasteiger partial charge < -0.3 is 10.1 Å². The van der Waals surface area contributed by atoms with E-state index in [-0.39, 0.29) is 0 Å². The lowest BCUT2D eigenvalue weighted by Crippen LogP contribution is -2.44. The Morgan fingerprint density at radius 2 is 1.68 bits per heavy atom. The first-order valence-electron chi connectivity index (χ1n) is 8.18. The van der Waals surface area contributed by atoms with Crippen LogP contribution in [0.4, 0.5) is 0 Å². The summed E-state index contributed by atoms with van der Waals surface area (Å²) >= 11 is 0. The summed E-state index contributed by atoms with van der Waals surface area (Å²) < 4.78 is 5.69. The Labute approximate surface area is 119 Å². The molecule has 2 heteroatoms. The van der Waals surface area contributed by atoms with Crippen LogP contribution in [0.15, 0.2) is 0 Å². The minimum atomic E-state index is 0.488. The predicted molar refractivity (Wildman–Crippen MR) is 81.4 cm³/mol. The number of hydrogen-bond donors (Lipinski definition) is 1. The molecule has 2 aliphatic carbocycles. The van der Waals surface area contributed by atoms with Crippen molar-refractivity contribution in [3.05, 3.63) is 0 Å². The molecule has 2 fully saturated rings. The van der Waals surface area contributed by atoms with Crippen molar-refractivity contribution >= 4 is 0 Å². The lowest BCUT2D eigenvalue weighted by Gasteiger charge is -2.45. The van der Waals surface area contributed by atoms with Crippen molar-refractivity contribution in [2.45, 2.75) is 72.3 Å². The van der Waals surface area contributed by atoms with E-state index in [9.17, 15) is 0 Å². The molecule has 0 aliphatic heterocycles. The van der Waals surface area contributed by atoms with Gasteiger partial charge in [0.25, 0.3) is 0 Å². The van der Waals surface area contributed by atoms with Crippen LogP contribution in [0.25, 0.3) is 0 Å². The Balaban J connectivity index is 1.58. The number of hydrogen-bond acceptors (Lipinski definition) is 2. The summed E-state index contributed by atoms with van der Waals surface area (Å²) in [6, 6.07) is 0.696. The molecule has 0 spiro atoms. The lowest BCUT2D eigenvalue weighted by atomic mass is 9.63. The van der Waals surface area contributed by atoms with E-state index >= 15 is 0 Å². The Hall–Kier alpha value is -0.0800. The average molecular weight is 267 g/mol. The van der Waals surface area contributed by atoms with Crippen molar-refractivity contribution in [2.24, 2.45) is 16.7 Å². The maximum atomic E-state index is 5.69. The van der Waals surface area contributed by atoms with Crippen molar-refractivity contribution in [1.82, 2.24) is 5.32 Å². The van der Waals surface area contributed by atoms with Crippen LogP contribution in [0.3, 0.4) is 0 Å². The third kappa shape index (κ3) is 5.83. The largest absolute Gasteiger partial charge is 0.381 e.